The minimum atomic E-state index is 0.275. The Balaban J connectivity index is 1.50. The zero-order valence-corrected chi connectivity index (χ0v) is 14.1. The van der Waals surface area contributed by atoms with Gasteiger partial charge in [0.1, 0.15) is 0 Å². The molecule has 0 spiro atoms. The van der Waals surface area contributed by atoms with Gasteiger partial charge in [-0.3, -0.25) is 0 Å². The number of benzene rings is 2. The van der Waals surface area contributed by atoms with E-state index in [0.717, 1.165) is 30.2 Å². The molecular weight excluding hydrogens is 308 g/mol. The topological polar surface area (TPSA) is 42.5 Å². The van der Waals surface area contributed by atoms with Crippen molar-refractivity contribution >= 4 is 23.0 Å². The minimum absolute atomic E-state index is 0.275. The van der Waals surface area contributed by atoms with Gasteiger partial charge in [0.15, 0.2) is 16.6 Å². The lowest BCUT2D eigenvalue weighted by molar-refractivity contribution is 0.174. The smallest absolute Gasteiger partial charge is 0.231 e. The van der Waals surface area contributed by atoms with Gasteiger partial charge in [-0.1, -0.05) is 23.8 Å². The lowest BCUT2D eigenvalue weighted by Crippen LogP contribution is -2.30. The van der Waals surface area contributed by atoms with Crippen LogP contribution in [0.25, 0.3) is 0 Å². The Morgan fingerprint density at radius 2 is 1.91 bits per heavy atom. The monoisotopic (exact) mass is 328 g/mol. The highest BCUT2D eigenvalue weighted by Crippen LogP contribution is 2.34. The first-order valence-electron chi connectivity index (χ1n) is 7.62. The van der Waals surface area contributed by atoms with Crippen LogP contribution in [0.3, 0.4) is 0 Å². The predicted octanol–water partition coefficient (Wildman–Crippen LogP) is 3.56. The molecule has 0 saturated carbocycles. The fourth-order valence-corrected chi connectivity index (χ4v) is 2.81. The minimum Gasteiger partial charge on any atom is -0.454 e. The molecule has 120 valence electrons. The normalized spacial score (nSPS) is 12.1. The van der Waals surface area contributed by atoms with Crippen LogP contribution in [0.1, 0.15) is 16.7 Å². The SMILES string of the molecule is Cc1ccc(CCNC(=S)Nc2ccc3c(c2)OCO3)c(C)c1. The Bertz CT molecular complexity index is 731. The molecule has 0 fully saturated rings. The zero-order valence-electron chi connectivity index (χ0n) is 13.3. The summed E-state index contributed by atoms with van der Waals surface area (Å²) >= 11 is 5.34. The van der Waals surface area contributed by atoms with Crippen molar-refractivity contribution in [2.75, 3.05) is 18.7 Å². The molecule has 0 unspecified atom stereocenters. The maximum absolute atomic E-state index is 5.36. The molecular formula is C18H20N2O2S. The summed E-state index contributed by atoms with van der Waals surface area (Å²) in [6, 6.07) is 12.2. The molecule has 1 aliphatic rings. The average molecular weight is 328 g/mol. The van der Waals surface area contributed by atoms with Gasteiger partial charge in [-0.05, 0) is 55.7 Å². The second-order valence-electron chi connectivity index (χ2n) is 5.63. The first kappa shape index (κ1) is 15.6. The van der Waals surface area contributed by atoms with Gasteiger partial charge >= 0.3 is 0 Å². The Kier molecular flexibility index (Phi) is 4.67. The molecule has 2 aromatic carbocycles. The van der Waals surface area contributed by atoms with E-state index in [9.17, 15) is 0 Å². The van der Waals surface area contributed by atoms with E-state index in [-0.39, 0.29) is 6.79 Å². The summed E-state index contributed by atoms with van der Waals surface area (Å²) in [6.45, 7) is 5.32. The molecule has 0 radical (unpaired) electrons. The number of ether oxygens (including phenoxy) is 2. The van der Waals surface area contributed by atoms with Crippen molar-refractivity contribution in [1.82, 2.24) is 5.32 Å². The maximum Gasteiger partial charge on any atom is 0.231 e. The van der Waals surface area contributed by atoms with Crippen molar-refractivity contribution in [3.8, 4) is 11.5 Å². The van der Waals surface area contributed by atoms with Gasteiger partial charge in [-0.15, -0.1) is 0 Å². The largest absolute Gasteiger partial charge is 0.454 e. The zero-order chi connectivity index (χ0) is 16.2. The van der Waals surface area contributed by atoms with E-state index in [4.69, 9.17) is 21.7 Å². The first-order valence-corrected chi connectivity index (χ1v) is 8.03. The van der Waals surface area contributed by atoms with Crippen LogP contribution in [-0.4, -0.2) is 18.5 Å². The summed E-state index contributed by atoms with van der Waals surface area (Å²) in [7, 11) is 0. The van der Waals surface area contributed by atoms with Gasteiger partial charge in [0.2, 0.25) is 6.79 Å². The molecule has 3 rings (SSSR count). The van der Waals surface area contributed by atoms with E-state index in [1.54, 1.807) is 0 Å². The Morgan fingerprint density at radius 1 is 1.09 bits per heavy atom. The molecule has 4 nitrogen and oxygen atoms in total. The van der Waals surface area contributed by atoms with Crippen molar-refractivity contribution in [2.24, 2.45) is 0 Å². The number of hydrogen-bond donors (Lipinski definition) is 2. The Morgan fingerprint density at radius 3 is 2.74 bits per heavy atom. The van der Waals surface area contributed by atoms with Crippen LogP contribution in [0.2, 0.25) is 0 Å². The fraction of sp³-hybridized carbons (Fsp3) is 0.278. The van der Waals surface area contributed by atoms with Gasteiger partial charge in [0, 0.05) is 18.3 Å². The highest BCUT2D eigenvalue weighted by atomic mass is 32.1. The molecule has 2 N–H and O–H groups in total. The van der Waals surface area contributed by atoms with Gasteiger partial charge in [-0.2, -0.15) is 0 Å². The number of rotatable bonds is 4. The van der Waals surface area contributed by atoms with Crippen LogP contribution in [-0.2, 0) is 6.42 Å². The number of thiocarbonyl (C=S) groups is 1. The van der Waals surface area contributed by atoms with E-state index < -0.39 is 0 Å². The molecule has 2 aromatic rings. The molecule has 0 aromatic heterocycles. The molecule has 5 heteroatoms. The fourth-order valence-electron chi connectivity index (χ4n) is 2.59. The van der Waals surface area contributed by atoms with E-state index >= 15 is 0 Å². The van der Waals surface area contributed by atoms with Crippen LogP contribution >= 0.6 is 12.2 Å². The third-order valence-corrected chi connectivity index (χ3v) is 4.05. The molecule has 0 bridgehead atoms. The van der Waals surface area contributed by atoms with Crippen LogP contribution in [0.15, 0.2) is 36.4 Å². The highest BCUT2D eigenvalue weighted by molar-refractivity contribution is 7.80. The molecule has 1 aliphatic heterocycles. The Labute approximate surface area is 141 Å². The van der Waals surface area contributed by atoms with Gasteiger partial charge in [-0.25, -0.2) is 0 Å². The summed E-state index contributed by atoms with van der Waals surface area (Å²) in [6.07, 6.45) is 0.940. The quantitative estimate of drug-likeness (QED) is 0.840. The first-order chi connectivity index (χ1) is 11.1. The maximum atomic E-state index is 5.36. The predicted molar refractivity (Wildman–Crippen MR) is 96.4 cm³/mol. The molecule has 0 atom stereocenters. The highest BCUT2D eigenvalue weighted by Gasteiger charge is 2.13. The number of nitrogens with one attached hydrogen (secondary N) is 2. The van der Waals surface area contributed by atoms with E-state index in [2.05, 4.69) is 42.7 Å². The standard InChI is InChI=1S/C18H20N2O2S/c1-12-3-4-14(13(2)9-12)7-8-19-18(23)20-15-5-6-16-17(10-15)22-11-21-16/h3-6,9-10H,7-8,11H2,1-2H3,(H2,19,20,23). The summed E-state index contributed by atoms with van der Waals surface area (Å²) in [4.78, 5) is 0. The van der Waals surface area contributed by atoms with Gasteiger partial charge in [0.05, 0.1) is 0 Å². The van der Waals surface area contributed by atoms with Crippen molar-refractivity contribution in [3.63, 3.8) is 0 Å². The Hall–Kier alpha value is -2.27. The van der Waals surface area contributed by atoms with Crippen molar-refractivity contribution in [2.45, 2.75) is 20.3 Å². The number of anilines is 1. The summed E-state index contributed by atoms with van der Waals surface area (Å²) in [5.41, 5.74) is 4.84. The van der Waals surface area contributed by atoms with Crippen molar-refractivity contribution < 1.29 is 9.47 Å². The third kappa shape index (κ3) is 3.93. The van der Waals surface area contributed by atoms with Gasteiger partial charge < -0.3 is 20.1 Å². The lowest BCUT2D eigenvalue weighted by Gasteiger charge is -2.12. The summed E-state index contributed by atoms with van der Waals surface area (Å²) in [5, 5.41) is 7.01. The molecule has 0 aliphatic carbocycles. The molecule has 23 heavy (non-hydrogen) atoms. The van der Waals surface area contributed by atoms with E-state index in [1.165, 1.54) is 16.7 Å². The van der Waals surface area contributed by atoms with Crippen molar-refractivity contribution in [1.29, 1.82) is 0 Å². The van der Waals surface area contributed by atoms with Crippen molar-refractivity contribution in [3.05, 3.63) is 53.1 Å². The number of fused-ring (bicyclic) bond motifs is 1. The summed E-state index contributed by atoms with van der Waals surface area (Å²) < 4.78 is 10.6. The average Bonchev–Trinajstić information content (AvgIpc) is 2.97. The number of aryl methyl sites for hydroxylation is 2. The van der Waals surface area contributed by atoms with Crippen LogP contribution in [0, 0.1) is 13.8 Å². The second-order valence-corrected chi connectivity index (χ2v) is 6.04. The number of hydrogen-bond acceptors (Lipinski definition) is 3. The van der Waals surface area contributed by atoms with Crippen LogP contribution in [0.5, 0.6) is 11.5 Å². The van der Waals surface area contributed by atoms with E-state index in [0.29, 0.717) is 5.11 Å². The third-order valence-electron chi connectivity index (χ3n) is 3.81. The second kappa shape index (κ2) is 6.87. The molecule has 0 amide bonds. The molecule has 1 heterocycles. The van der Waals surface area contributed by atoms with Crippen LogP contribution < -0.4 is 20.1 Å². The van der Waals surface area contributed by atoms with Crippen LogP contribution in [0.4, 0.5) is 5.69 Å². The summed E-state index contributed by atoms with van der Waals surface area (Å²) in [5.74, 6) is 1.51. The van der Waals surface area contributed by atoms with E-state index in [1.807, 2.05) is 18.2 Å². The lowest BCUT2D eigenvalue weighted by atomic mass is 10.0. The molecule has 0 saturated heterocycles. The van der Waals surface area contributed by atoms with Gasteiger partial charge in [0.25, 0.3) is 0 Å².